The molecule has 2 rings (SSSR count). The highest BCUT2D eigenvalue weighted by Crippen LogP contribution is 2.31. The third-order valence-corrected chi connectivity index (χ3v) is 3.43. The summed E-state index contributed by atoms with van der Waals surface area (Å²) in [5.74, 6) is 0. The maximum absolute atomic E-state index is 11.2. The molecule has 3 heteroatoms. The summed E-state index contributed by atoms with van der Waals surface area (Å²) in [5.41, 5.74) is 3.64. The van der Waals surface area contributed by atoms with E-state index in [2.05, 4.69) is 30.9 Å². The van der Waals surface area contributed by atoms with Gasteiger partial charge in [0, 0.05) is 12.2 Å². The van der Waals surface area contributed by atoms with Gasteiger partial charge in [0.15, 0.2) is 6.29 Å². The molecule has 0 bridgehead atoms. The molecule has 0 saturated heterocycles. The Morgan fingerprint density at radius 3 is 2.42 bits per heavy atom. The Labute approximate surface area is 118 Å². The zero-order valence-electron chi connectivity index (χ0n) is 11.1. The van der Waals surface area contributed by atoms with Gasteiger partial charge in [-0.1, -0.05) is 35.4 Å². The Bertz CT molecular complexity index is 578. The Kier molecular flexibility index (Phi) is 4.23. The summed E-state index contributed by atoms with van der Waals surface area (Å²) in [5, 5.41) is 0.484. The number of carbonyl (C=O) groups is 1. The van der Waals surface area contributed by atoms with Gasteiger partial charge in [0.25, 0.3) is 0 Å². The van der Waals surface area contributed by atoms with Crippen LogP contribution in [0.15, 0.2) is 42.5 Å². The molecule has 2 nitrogen and oxygen atoms in total. The van der Waals surface area contributed by atoms with Crippen LogP contribution in [0.1, 0.15) is 22.8 Å². The van der Waals surface area contributed by atoms with Gasteiger partial charge < -0.3 is 4.90 Å². The molecule has 2 aromatic rings. The summed E-state index contributed by atoms with van der Waals surface area (Å²) in [6.07, 6.45) is 0.814. The van der Waals surface area contributed by atoms with Crippen molar-refractivity contribution in [2.75, 3.05) is 11.4 Å². The molecule has 0 aliphatic rings. The topological polar surface area (TPSA) is 20.3 Å². The van der Waals surface area contributed by atoms with Crippen LogP contribution < -0.4 is 4.90 Å². The van der Waals surface area contributed by atoms with Crippen LogP contribution in [0.25, 0.3) is 0 Å². The Morgan fingerprint density at radius 1 is 1.16 bits per heavy atom. The molecule has 2 aromatic carbocycles. The monoisotopic (exact) mass is 273 g/mol. The molecular weight excluding hydrogens is 258 g/mol. The molecule has 0 aromatic heterocycles. The number of rotatable bonds is 4. The molecule has 0 spiro atoms. The van der Waals surface area contributed by atoms with Crippen molar-refractivity contribution < 1.29 is 4.79 Å². The van der Waals surface area contributed by atoms with Crippen molar-refractivity contribution in [1.29, 1.82) is 0 Å². The van der Waals surface area contributed by atoms with Crippen LogP contribution in [0, 0.1) is 6.92 Å². The van der Waals surface area contributed by atoms with Crippen LogP contribution in [0.5, 0.6) is 0 Å². The molecular formula is C16H16ClNO. The Morgan fingerprint density at radius 2 is 1.84 bits per heavy atom. The average molecular weight is 274 g/mol. The highest BCUT2D eigenvalue weighted by atomic mass is 35.5. The van der Waals surface area contributed by atoms with Gasteiger partial charge in [-0.2, -0.15) is 0 Å². The van der Waals surface area contributed by atoms with E-state index >= 15 is 0 Å². The Hall–Kier alpha value is -1.80. The van der Waals surface area contributed by atoms with Gasteiger partial charge in [-0.05, 0) is 38.1 Å². The number of hydrogen-bond acceptors (Lipinski definition) is 2. The molecule has 0 amide bonds. The fourth-order valence-electron chi connectivity index (χ4n) is 2.09. The molecule has 0 N–H and O–H groups in total. The number of halogens is 1. The maximum atomic E-state index is 11.2. The van der Waals surface area contributed by atoms with Crippen molar-refractivity contribution in [1.82, 2.24) is 0 Å². The van der Waals surface area contributed by atoms with Crippen molar-refractivity contribution in [3.8, 4) is 0 Å². The highest BCUT2D eigenvalue weighted by molar-refractivity contribution is 6.33. The van der Waals surface area contributed by atoms with Crippen LogP contribution in [-0.4, -0.2) is 12.8 Å². The van der Waals surface area contributed by atoms with Gasteiger partial charge in [0.05, 0.1) is 16.3 Å². The maximum Gasteiger partial charge on any atom is 0.153 e. The van der Waals surface area contributed by atoms with Crippen molar-refractivity contribution in [3.05, 3.63) is 58.6 Å². The molecule has 0 fully saturated rings. The molecule has 19 heavy (non-hydrogen) atoms. The number of aryl methyl sites for hydroxylation is 1. The number of hydrogen-bond donors (Lipinski definition) is 0. The summed E-state index contributed by atoms with van der Waals surface area (Å²) >= 11 is 6.09. The number of nitrogens with zero attached hydrogens (tertiary/aromatic N) is 1. The van der Waals surface area contributed by atoms with E-state index in [0.29, 0.717) is 10.6 Å². The van der Waals surface area contributed by atoms with Crippen molar-refractivity contribution >= 4 is 29.3 Å². The lowest BCUT2D eigenvalue weighted by Crippen LogP contribution is -2.17. The number of benzene rings is 2. The lowest BCUT2D eigenvalue weighted by Gasteiger charge is -2.25. The standard InChI is InChI=1S/C16H16ClNO/c1-3-18(13-9-7-12(2)8-10-13)16-6-4-5-15(17)14(16)11-19/h4-11H,3H2,1-2H3. The van der Waals surface area contributed by atoms with Gasteiger partial charge in [-0.15, -0.1) is 0 Å². The molecule has 98 valence electrons. The number of anilines is 2. The SMILES string of the molecule is CCN(c1ccc(C)cc1)c1cccc(Cl)c1C=O. The van der Waals surface area contributed by atoms with Gasteiger partial charge in [0.2, 0.25) is 0 Å². The van der Waals surface area contributed by atoms with Gasteiger partial charge in [0.1, 0.15) is 0 Å². The summed E-state index contributed by atoms with van der Waals surface area (Å²) in [7, 11) is 0. The van der Waals surface area contributed by atoms with Crippen LogP contribution >= 0.6 is 11.6 Å². The summed E-state index contributed by atoms with van der Waals surface area (Å²) in [4.78, 5) is 13.3. The van der Waals surface area contributed by atoms with Crippen molar-refractivity contribution in [3.63, 3.8) is 0 Å². The van der Waals surface area contributed by atoms with E-state index in [1.807, 2.05) is 24.3 Å². The molecule has 0 radical (unpaired) electrons. The molecule has 0 atom stereocenters. The van der Waals surface area contributed by atoms with E-state index in [0.717, 1.165) is 24.2 Å². The second-order valence-corrected chi connectivity index (χ2v) is 4.78. The van der Waals surface area contributed by atoms with E-state index in [-0.39, 0.29) is 0 Å². The summed E-state index contributed by atoms with van der Waals surface area (Å²) < 4.78 is 0. The minimum absolute atomic E-state index is 0.484. The van der Waals surface area contributed by atoms with Crippen LogP contribution in [0.4, 0.5) is 11.4 Å². The summed E-state index contributed by atoms with van der Waals surface area (Å²) in [6, 6.07) is 13.7. The fraction of sp³-hybridized carbons (Fsp3) is 0.188. The first-order valence-electron chi connectivity index (χ1n) is 6.25. The van der Waals surface area contributed by atoms with E-state index in [9.17, 15) is 4.79 Å². The lowest BCUT2D eigenvalue weighted by molar-refractivity contribution is 0.112. The molecule has 0 heterocycles. The molecule has 0 saturated carbocycles. The van der Waals surface area contributed by atoms with Gasteiger partial charge >= 0.3 is 0 Å². The first kappa shape index (κ1) is 13.6. The van der Waals surface area contributed by atoms with E-state index < -0.39 is 0 Å². The number of aldehydes is 1. The normalized spacial score (nSPS) is 10.3. The minimum Gasteiger partial charge on any atom is -0.341 e. The molecule has 0 aliphatic carbocycles. The minimum atomic E-state index is 0.484. The van der Waals surface area contributed by atoms with Crippen molar-refractivity contribution in [2.24, 2.45) is 0 Å². The highest BCUT2D eigenvalue weighted by Gasteiger charge is 2.13. The third kappa shape index (κ3) is 2.79. The summed E-state index contributed by atoms with van der Waals surface area (Å²) in [6.45, 7) is 4.87. The largest absolute Gasteiger partial charge is 0.341 e. The van der Waals surface area contributed by atoms with Gasteiger partial charge in [-0.3, -0.25) is 4.79 Å². The predicted octanol–water partition coefficient (Wildman–Crippen LogP) is 4.62. The fourth-order valence-corrected chi connectivity index (χ4v) is 2.31. The average Bonchev–Trinajstić information content (AvgIpc) is 2.42. The van der Waals surface area contributed by atoms with Crippen LogP contribution in [0.2, 0.25) is 5.02 Å². The zero-order valence-corrected chi connectivity index (χ0v) is 11.8. The first-order chi connectivity index (χ1) is 9.17. The van der Waals surface area contributed by atoms with Gasteiger partial charge in [-0.25, -0.2) is 0 Å². The predicted molar refractivity (Wildman–Crippen MR) is 80.7 cm³/mol. The third-order valence-electron chi connectivity index (χ3n) is 3.10. The second kappa shape index (κ2) is 5.89. The van der Waals surface area contributed by atoms with E-state index in [4.69, 9.17) is 11.6 Å². The Balaban J connectivity index is 2.51. The molecule has 0 unspecified atom stereocenters. The smallest absolute Gasteiger partial charge is 0.153 e. The van der Waals surface area contributed by atoms with E-state index in [1.165, 1.54) is 5.56 Å². The second-order valence-electron chi connectivity index (χ2n) is 4.37. The lowest BCUT2D eigenvalue weighted by atomic mass is 10.1. The zero-order chi connectivity index (χ0) is 13.8. The van der Waals surface area contributed by atoms with E-state index in [1.54, 1.807) is 6.07 Å². The first-order valence-corrected chi connectivity index (χ1v) is 6.63. The quantitative estimate of drug-likeness (QED) is 0.758. The van der Waals surface area contributed by atoms with Crippen LogP contribution in [-0.2, 0) is 0 Å². The number of carbonyl (C=O) groups excluding carboxylic acids is 1. The molecule has 0 aliphatic heterocycles. The van der Waals surface area contributed by atoms with Crippen molar-refractivity contribution in [2.45, 2.75) is 13.8 Å². The van der Waals surface area contributed by atoms with Crippen LogP contribution in [0.3, 0.4) is 0 Å².